The fraction of sp³-hybridized carbons (Fsp3) is 0.429. The normalized spacial score (nSPS) is 18.1. The van der Waals surface area contributed by atoms with Crippen molar-refractivity contribution in [3.63, 3.8) is 0 Å². The third kappa shape index (κ3) is 2.76. The highest BCUT2D eigenvalue weighted by Crippen LogP contribution is 2.12. The molecule has 122 valence electrons. The molecule has 0 unspecified atom stereocenters. The van der Waals surface area contributed by atoms with E-state index in [0.717, 1.165) is 4.57 Å². The van der Waals surface area contributed by atoms with Crippen molar-refractivity contribution in [2.45, 2.75) is 6.10 Å². The molecule has 2 aromatic heterocycles. The highest BCUT2D eigenvalue weighted by molar-refractivity contribution is 5.95. The Balaban J connectivity index is 1.95. The number of carbonyl (C=O) groups excluding carboxylic acids is 1. The second kappa shape index (κ2) is 5.94. The van der Waals surface area contributed by atoms with Gasteiger partial charge < -0.3 is 15.4 Å². The van der Waals surface area contributed by atoms with E-state index in [-0.39, 0.29) is 16.9 Å². The standard InChI is InChI=1S/C14H17N5O4/c1-18-11-9(13(21)19(2)14(18)22)5-8(6-16-11)17-12(20)10-7-15-3-4-23-10/h5-6,10,15H,3-4,7H2,1-2H3,(H,17,20)/t10-/m1/s1. The summed E-state index contributed by atoms with van der Waals surface area (Å²) in [6.07, 6.45) is 0.831. The minimum atomic E-state index is -0.581. The maximum absolute atomic E-state index is 12.2. The van der Waals surface area contributed by atoms with Gasteiger partial charge >= 0.3 is 5.69 Å². The Kier molecular flexibility index (Phi) is 3.97. The molecule has 0 bridgehead atoms. The molecule has 9 nitrogen and oxygen atoms in total. The van der Waals surface area contributed by atoms with Crippen LogP contribution in [-0.2, 0) is 23.6 Å². The molecule has 0 spiro atoms. The number of hydrogen-bond acceptors (Lipinski definition) is 6. The number of hydrogen-bond donors (Lipinski definition) is 2. The zero-order valence-corrected chi connectivity index (χ0v) is 12.8. The molecule has 9 heteroatoms. The van der Waals surface area contributed by atoms with Gasteiger partial charge in [0.15, 0.2) is 0 Å². The van der Waals surface area contributed by atoms with E-state index in [1.807, 2.05) is 0 Å². The second-order valence-electron chi connectivity index (χ2n) is 5.35. The Morgan fingerprint density at radius 1 is 1.39 bits per heavy atom. The Bertz CT molecular complexity index is 879. The second-order valence-corrected chi connectivity index (χ2v) is 5.35. The first-order valence-corrected chi connectivity index (χ1v) is 7.18. The highest BCUT2D eigenvalue weighted by Gasteiger charge is 2.22. The summed E-state index contributed by atoms with van der Waals surface area (Å²) in [5.74, 6) is -0.306. The Hall–Kier alpha value is -2.52. The van der Waals surface area contributed by atoms with Gasteiger partial charge in [-0.3, -0.25) is 18.7 Å². The summed E-state index contributed by atoms with van der Waals surface area (Å²) in [7, 11) is 2.94. The molecule has 1 atom stereocenters. The predicted molar refractivity (Wildman–Crippen MR) is 83.5 cm³/mol. The van der Waals surface area contributed by atoms with Crippen LogP contribution in [0.25, 0.3) is 11.0 Å². The number of morpholine rings is 1. The van der Waals surface area contributed by atoms with Crippen LogP contribution in [0.4, 0.5) is 5.69 Å². The van der Waals surface area contributed by atoms with Crippen molar-refractivity contribution in [3.8, 4) is 0 Å². The lowest BCUT2D eigenvalue weighted by Gasteiger charge is -2.22. The highest BCUT2D eigenvalue weighted by atomic mass is 16.5. The molecule has 0 radical (unpaired) electrons. The SMILES string of the molecule is Cn1c(=O)c2cc(NC(=O)[C@H]3CNCCO3)cnc2n(C)c1=O. The first-order valence-electron chi connectivity index (χ1n) is 7.18. The van der Waals surface area contributed by atoms with E-state index < -0.39 is 17.4 Å². The van der Waals surface area contributed by atoms with E-state index in [1.54, 1.807) is 0 Å². The van der Waals surface area contributed by atoms with E-state index in [1.165, 1.54) is 30.9 Å². The average molecular weight is 319 g/mol. The molecule has 0 aliphatic carbocycles. The van der Waals surface area contributed by atoms with Gasteiger partial charge in [-0.25, -0.2) is 9.78 Å². The van der Waals surface area contributed by atoms with Crippen LogP contribution in [-0.4, -0.2) is 45.8 Å². The molecule has 2 N–H and O–H groups in total. The summed E-state index contributed by atoms with van der Waals surface area (Å²) in [6.45, 7) is 1.62. The largest absolute Gasteiger partial charge is 0.366 e. The number of fused-ring (bicyclic) bond motifs is 1. The van der Waals surface area contributed by atoms with Crippen LogP contribution in [0.1, 0.15) is 0 Å². The Morgan fingerprint density at radius 2 is 2.17 bits per heavy atom. The molecular weight excluding hydrogens is 302 g/mol. The fourth-order valence-electron chi connectivity index (χ4n) is 2.49. The number of anilines is 1. The first kappa shape index (κ1) is 15.4. The molecular formula is C14H17N5O4. The molecule has 1 amide bonds. The van der Waals surface area contributed by atoms with Crippen molar-refractivity contribution in [3.05, 3.63) is 33.1 Å². The van der Waals surface area contributed by atoms with Gasteiger partial charge in [0.1, 0.15) is 11.8 Å². The van der Waals surface area contributed by atoms with E-state index in [9.17, 15) is 14.4 Å². The van der Waals surface area contributed by atoms with Crippen LogP contribution in [0.5, 0.6) is 0 Å². The van der Waals surface area contributed by atoms with Gasteiger partial charge in [-0.15, -0.1) is 0 Å². The number of rotatable bonds is 2. The third-order valence-corrected chi connectivity index (χ3v) is 3.78. The molecule has 3 rings (SSSR count). The summed E-state index contributed by atoms with van der Waals surface area (Å²) in [4.78, 5) is 40.3. The molecule has 1 fully saturated rings. The van der Waals surface area contributed by atoms with E-state index >= 15 is 0 Å². The van der Waals surface area contributed by atoms with Crippen LogP contribution >= 0.6 is 0 Å². The Labute approximate surface area is 130 Å². The van der Waals surface area contributed by atoms with E-state index in [4.69, 9.17) is 4.74 Å². The summed E-state index contributed by atoms with van der Waals surface area (Å²) in [6, 6.07) is 1.51. The minimum absolute atomic E-state index is 0.259. The molecule has 0 aromatic carbocycles. The number of pyridine rings is 1. The van der Waals surface area contributed by atoms with Gasteiger partial charge in [0.2, 0.25) is 0 Å². The van der Waals surface area contributed by atoms with Gasteiger partial charge in [0.05, 0.1) is 23.9 Å². The number of ether oxygens (including phenoxy) is 1. The maximum atomic E-state index is 12.2. The van der Waals surface area contributed by atoms with Crippen LogP contribution in [0.3, 0.4) is 0 Å². The lowest BCUT2D eigenvalue weighted by molar-refractivity contribution is -0.128. The molecule has 3 heterocycles. The molecule has 1 aliphatic rings. The number of nitrogens with one attached hydrogen (secondary N) is 2. The number of amides is 1. The number of aromatic nitrogens is 3. The van der Waals surface area contributed by atoms with Gasteiger partial charge in [-0.2, -0.15) is 0 Å². The van der Waals surface area contributed by atoms with E-state index in [0.29, 0.717) is 25.4 Å². The topological polar surface area (TPSA) is 107 Å². The lowest BCUT2D eigenvalue weighted by atomic mass is 10.2. The molecule has 1 saturated heterocycles. The minimum Gasteiger partial charge on any atom is -0.366 e. The zero-order chi connectivity index (χ0) is 16.6. The molecule has 2 aromatic rings. The fourth-order valence-corrected chi connectivity index (χ4v) is 2.49. The Morgan fingerprint density at radius 3 is 2.87 bits per heavy atom. The van der Waals surface area contributed by atoms with Crippen LogP contribution in [0.2, 0.25) is 0 Å². The average Bonchev–Trinajstić information content (AvgIpc) is 2.58. The molecule has 1 aliphatic heterocycles. The maximum Gasteiger partial charge on any atom is 0.332 e. The number of nitrogens with zero attached hydrogens (tertiary/aromatic N) is 3. The lowest BCUT2D eigenvalue weighted by Crippen LogP contribution is -2.45. The number of aryl methyl sites for hydroxylation is 1. The van der Waals surface area contributed by atoms with Crippen molar-refractivity contribution in [2.75, 3.05) is 25.0 Å². The van der Waals surface area contributed by atoms with Crippen LogP contribution in [0.15, 0.2) is 21.9 Å². The van der Waals surface area contributed by atoms with Gasteiger partial charge in [0.25, 0.3) is 11.5 Å². The smallest absolute Gasteiger partial charge is 0.332 e. The summed E-state index contributed by atoms with van der Waals surface area (Å²) in [5.41, 5.74) is -0.255. The third-order valence-electron chi connectivity index (χ3n) is 3.78. The quantitative estimate of drug-likeness (QED) is 0.702. The summed E-state index contributed by atoms with van der Waals surface area (Å²) in [5, 5.41) is 6.01. The predicted octanol–water partition coefficient (Wildman–Crippen LogP) is -1.44. The van der Waals surface area contributed by atoms with Crippen molar-refractivity contribution < 1.29 is 9.53 Å². The summed E-state index contributed by atoms with van der Waals surface area (Å²) >= 11 is 0. The van der Waals surface area contributed by atoms with Crippen LogP contribution < -0.4 is 21.9 Å². The van der Waals surface area contributed by atoms with Crippen molar-refractivity contribution in [1.29, 1.82) is 0 Å². The zero-order valence-electron chi connectivity index (χ0n) is 12.8. The van der Waals surface area contributed by atoms with Gasteiger partial charge in [-0.1, -0.05) is 0 Å². The van der Waals surface area contributed by atoms with Gasteiger partial charge in [0, 0.05) is 27.2 Å². The van der Waals surface area contributed by atoms with Gasteiger partial charge in [-0.05, 0) is 6.07 Å². The number of carbonyl (C=O) groups is 1. The monoisotopic (exact) mass is 319 g/mol. The van der Waals surface area contributed by atoms with Crippen molar-refractivity contribution in [1.82, 2.24) is 19.4 Å². The van der Waals surface area contributed by atoms with Crippen molar-refractivity contribution in [2.24, 2.45) is 14.1 Å². The van der Waals surface area contributed by atoms with E-state index in [2.05, 4.69) is 15.6 Å². The van der Waals surface area contributed by atoms with Crippen molar-refractivity contribution >= 4 is 22.6 Å². The summed E-state index contributed by atoms with van der Waals surface area (Å²) < 4.78 is 7.66. The van der Waals surface area contributed by atoms with Crippen LogP contribution in [0, 0.1) is 0 Å². The first-order chi connectivity index (χ1) is 11.0. The molecule has 23 heavy (non-hydrogen) atoms. The molecule has 0 saturated carbocycles.